The smallest absolute Gasteiger partial charge is 0.302 e. The molecule has 0 atom stereocenters. The lowest BCUT2D eigenvalue weighted by molar-refractivity contribution is -0.141. The Morgan fingerprint density at radius 1 is 0.950 bits per heavy atom. The molecule has 3 nitrogen and oxygen atoms in total. The molecule has 0 fully saturated rings. The average Bonchev–Trinajstić information content (AvgIpc) is 2.32. The second-order valence-electron chi connectivity index (χ2n) is 3.73. The summed E-state index contributed by atoms with van der Waals surface area (Å²) in [5.41, 5.74) is -4.37. The molecule has 9 heteroatoms. The van der Waals surface area contributed by atoms with E-state index < -0.39 is 46.3 Å². The highest BCUT2D eigenvalue weighted by molar-refractivity contribution is 5.60. The molecular weight excluding hydrogens is 290 g/mol. The number of hydrogen-bond donors (Lipinski definition) is 1. The van der Waals surface area contributed by atoms with Gasteiger partial charge in [-0.05, 0) is 12.1 Å². The topological polar surface area (TPSA) is 45.8 Å². The van der Waals surface area contributed by atoms with Gasteiger partial charge in [0.05, 0.1) is 5.69 Å². The van der Waals surface area contributed by atoms with Crippen molar-refractivity contribution in [3.05, 3.63) is 51.8 Å². The van der Waals surface area contributed by atoms with Crippen LogP contribution in [0.3, 0.4) is 0 Å². The Morgan fingerprint density at radius 3 is 2.15 bits per heavy atom. The molecule has 0 amide bonds. The third kappa shape index (κ3) is 2.65. The first-order valence-electron chi connectivity index (χ1n) is 5.02. The maximum absolute atomic E-state index is 13.4. The molecule has 0 saturated carbocycles. The molecule has 0 radical (unpaired) electrons. The molecule has 1 N–H and O–H groups in total. The normalized spacial score (nSPS) is 11.7. The number of halogens is 6. The summed E-state index contributed by atoms with van der Waals surface area (Å²) in [5.74, 6) is -4.32. The summed E-state index contributed by atoms with van der Waals surface area (Å²) < 4.78 is 76.6. The van der Waals surface area contributed by atoms with Gasteiger partial charge in [0.25, 0.3) is 0 Å². The van der Waals surface area contributed by atoms with Crippen LogP contribution in [0.15, 0.2) is 23.0 Å². The van der Waals surface area contributed by atoms with Gasteiger partial charge in [-0.25, -0.2) is 18.0 Å². The first kappa shape index (κ1) is 14.1. The molecule has 1 aromatic carbocycles. The second kappa shape index (κ2) is 4.66. The van der Waals surface area contributed by atoms with Gasteiger partial charge in [-0.15, -0.1) is 0 Å². The van der Waals surface area contributed by atoms with Crippen LogP contribution in [0.4, 0.5) is 26.3 Å². The standard InChI is InChI=1S/C11H4F6N2O/c12-5-2-7(14)6(13)1-4(5)8-3-9(11(15,16)17)19-10(20)18-8/h1-3H,(H,18,19,20). The summed E-state index contributed by atoms with van der Waals surface area (Å²) in [6.07, 6.45) is -4.90. The fraction of sp³-hybridized carbons (Fsp3) is 0.0909. The van der Waals surface area contributed by atoms with Gasteiger partial charge >= 0.3 is 11.9 Å². The van der Waals surface area contributed by atoms with E-state index in [1.54, 1.807) is 0 Å². The fourth-order valence-corrected chi connectivity index (χ4v) is 1.47. The van der Waals surface area contributed by atoms with Crippen LogP contribution in [0.5, 0.6) is 0 Å². The second-order valence-corrected chi connectivity index (χ2v) is 3.73. The van der Waals surface area contributed by atoms with Crippen LogP contribution in [0.1, 0.15) is 5.69 Å². The fourth-order valence-electron chi connectivity index (χ4n) is 1.47. The first-order valence-corrected chi connectivity index (χ1v) is 5.02. The lowest BCUT2D eigenvalue weighted by Gasteiger charge is -2.08. The minimum atomic E-state index is -4.90. The molecule has 2 rings (SSSR count). The number of nitrogens with one attached hydrogen (secondary N) is 1. The number of aromatic amines is 1. The molecule has 106 valence electrons. The van der Waals surface area contributed by atoms with Gasteiger partial charge in [0.1, 0.15) is 11.5 Å². The number of H-pyrrole nitrogens is 1. The van der Waals surface area contributed by atoms with Crippen LogP contribution >= 0.6 is 0 Å². The molecule has 0 saturated heterocycles. The van der Waals surface area contributed by atoms with Crippen LogP contribution in [0.25, 0.3) is 11.3 Å². The van der Waals surface area contributed by atoms with Gasteiger partial charge < -0.3 is 4.98 Å². The number of alkyl halides is 3. The van der Waals surface area contributed by atoms with E-state index in [0.29, 0.717) is 12.1 Å². The molecule has 0 bridgehead atoms. The van der Waals surface area contributed by atoms with Crippen LogP contribution in [0, 0.1) is 17.5 Å². The molecule has 0 unspecified atom stereocenters. The Hall–Kier alpha value is -2.32. The molecule has 0 spiro atoms. The van der Waals surface area contributed by atoms with Gasteiger partial charge in [-0.2, -0.15) is 18.2 Å². The molecule has 0 aliphatic carbocycles. The number of benzene rings is 1. The first-order chi connectivity index (χ1) is 9.18. The Balaban J connectivity index is 2.68. The maximum atomic E-state index is 13.4. The lowest BCUT2D eigenvalue weighted by Crippen LogP contribution is -2.19. The van der Waals surface area contributed by atoms with E-state index in [1.807, 2.05) is 0 Å². The zero-order valence-corrected chi connectivity index (χ0v) is 9.36. The van der Waals surface area contributed by atoms with Crippen molar-refractivity contribution in [2.75, 3.05) is 0 Å². The Bertz CT molecular complexity index is 722. The molecule has 1 heterocycles. The Kier molecular flexibility index (Phi) is 3.28. The summed E-state index contributed by atoms with van der Waals surface area (Å²) in [4.78, 5) is 15.6. The summed E-state index contributed by atoms with van der Waals surface area (Å²) >= 11 is 0. The van der Waals surface area contributed by atoms with E-state index in [1.165, 1.54) is 4.98 Å². The zero-order valence-electron chi connectivity index (χ0n) is 9.36. The summed E-state index contributed by atoms with van der Waals surface area (Å²) in [6.45, 7) is 0. The molecule has 2 aromatic rings. The van der Waals surface area contributed by atoms with Crippen LogP contribution in [-0.2, 0) is 6.18 Å². The van der Waals surface area contributed by atoms with Crippen molar-refractivity contribution in [1.29, 1.82) is 0 Å². The minimum Gasteiger partial charge on any atom is -0.302 e. The minimum absolute atomic E-state index is 0.154. The van der Waals surface area contributed by atoms with Crippen LogP contribution < -0.4 is 5.69 Å². The lowest BCUT2D eigenvalue weighted by atomic mass is 10.1. The monoisotopic (exact) mass is 294 g/mol. The van der Waals surface area contributed by atoms with Crippen molar-refractivity contribution in [2.45, 2.75) is 6.18 Å². The average molecular weight is 294 g/mol. The van der Waals surface area contributed by atoms with Crippen molar-refractivity contribution in [2.24, 2.45) is 0 Å². The zero-order chi connectivity index (χ0) is 15.1. The van der Waals surface area contributed by atoms with Crippen molar-refractivity contribution in [3.8, 4) is 11.3 Å². The predicted molar refractivity (Wildman–Crippen MR) is 55.2 cm³/mol. The predicted octanol–water partition coefficient (Wildman–Crippen LogP) is 2.87. The molecule has 0 aliphatic heterocycles. The largest absolute Gasteiger partial charge is 0.431 e. The SMILES string of the molecule is O=c1nc(-c2cc(F)c(F)cc2F)cc(C(F)(F)F)[nH]1. The highest BCUT2D eigenvalue weighted by atomic mass is 19.4. The van der Waals surface area contributed by atoms with E-state index in [2.05, 4.69) is 4.98 Å². The van der Waals surface area contributed by atoms with E-state index >= 15 is 0 Å². The summed E-state index contributed by atoms with van der Waals surface area (Å²) in [6, 6.07) is 0.810. The number of rotatable bonds is 1. The molecule has 0 aliphatic rings. The number of hydrogen-bond acceptors (Lipinski definition) is 2. The number of aromatic nitrogens is 2. The van der Waals surface area contributed by atoms with Gasteiger partial charge in [0.2, 0.25) is 0 Å². The molecule has 20 heavy (non-hydrogen) atoms. The Labute approximate surface area is 106 Å². The maximum Gasteiger partial charge on any atom is 0.431 e. The molecular formula is C11H4F6N2O. The van der Waals surface area contributed by atoms with Crippen LogP contribution in [0.2, 0.25) is 0 Å². The quantitative estimate of drug-likeness (QED) is 0.649. The van der Waals surface area contributed by atoms with E-state index in [-0.39, 0.29) is 6.07 Å². The highest BCUT2D eigenvalue weighted by Gasteiger charge is 2.33. The van der Waals surface area contributed by atoms with E-state index in [0.717, 1.165) is 0 Å². The van der Waals surface area contributed by atoms with Crippen LogP contribution in [-0.4, -0.2) is 9.97 Å². The summed E-state index contributed by atoms with van der Waals surface area (Å²) in [7, 11) is 0. The van der Waals surface area contributed by atoms with Crippen molar-refractivity contribution >= 4 is 0 Å². The van der Waals surface area contributed by atoms with Gasteiger partial charge in [0, 0.05) is 11.6 Å². The van der Waals surface area contributed by atoms with Crippen molar-refractivity contribution in [1.82, 2.24) is 9.97 Å². The molecule has 1 aromatic heterocycles. The van der Waals surface area contributed by atoms with Gasteiger partial charge in [-0.3, -0.25) is 0 Å². The van der Waals surface area contributed by atoms with E-state index in [4.69, 9.17) is 0 Å². The third-order valence-electron chi connectivity index (χ3n) is 2.34. The Morgan fingerprint density at radius 2 is 1.55 bits per heavy atom. The van der Waals surface area contributed by atoms with Gasteiger partial charge in [0.15, 0.2) is 11.6 Å². The van der Waals surface area contributed by atoms with E-state index in [9.17, 15) is 31.1 Å². The number of nitrogens with zero attached hydrogens (tertiary/aromatic N) is 1. The summed E-state index contributed by atoms with van der Waals surface area (Å²) in [5, 5.41) is 0. The third-order valence-corrected chi connectivity index (χ3v) is 2.34. The van der Waals surface area contributed by atoms with Crippen molar-refractivity contribution < 1.29 is 26.3 Å². The highest BCUT2D eigenvalue weighted by Crippen LogP contribution is 2.30. The van der Waals surface area contributed by atoms with Crippen molar-refractivity contribution in [3.63, 3.8) is 0 Å². The van der Waals surface area contributed by atoms with Gasteiger partial charge in [-0.1, -0.05) is 0 Å².